The molecule has 1 aliphatic carbocycles. The lowest BCUT2D eigenvalue weighted by Crippen LogP contribution is -2.25. The summed E-state index contributed by atoms with van der Waals surface area (Å²) >= 11 is 0. The van der Waals surface area contributed by atoms with Gasteiger partial charge < -0.3 is 4.57 Å². The van der Waals surface area contributed by atoms with E-state index in [0.717, 1.165) is 29.4 Å². The minimum Gasteiger partial charge on any atom is -0.342 e. The highest BCUT2D eigenvalue weighted by molar-refractivity contribution is 6.00. The van der Waals surface area contributed by atoms with Crippen LogP contribution in [0.25, 0.3) is 10.9 Å². The zero-order valence-electron chi connectivity index (χ0n) is 19.9. The van der Waals surface area contributed by atoms with Crippen LogP contribution in [-0.2, 0) is 16.8 Å². The largest absolute Gasteiger partial charge is 0.342 e. The second kappa shape index (κ2) is 9.31. The molecule has 4 nitrogen and oxygen atoms in total. The summed E-state index contributed by atoms with van der Waals surface area (Å²) in [6.45, 7) is 0.778. The van der Waals surface area contributed by atoms with Crippen LogP contribution < -0.4 is 5.43 Å². The van der Waals surface area contributed by atoms with Crippen LogP contribution in [0.2, 0.25) is 0 Å². The number of benzene rings is 4. The molecule has 1 aromatic heterocycles. The molecule has 1 saturated carbocycles. The Morgan fingerprint density at radius 2 is 1.42 bits per heavy atom. The first-order valence-corrected chi connectivity index (χ1v) is 12.3. The van der Waals surface area contributed by atoms with Crippen LogP contribution in [0.5, 0.6) is 0 Å². The maximum absolute atomic E-state index is 13.2. The number of nitrogens with one attached hydrogen (secondary N) is 1. The summed E-state index contributed by atoms with van der Waals surface area (Å²) in [5.74, 6) is -0.203. The highest BCUT2D eigenvalue weighted by atomic mass is 16.2. The maximum atomic E-state index is 13.2. The van der Waals surface area contributed by atoms with E-state index < -0.39 is 0 Å². The molecule has 1 N–H and O–H groups in total. The van der Waals surface area contributed by atoms with Crippen LogP contribution in [0.1, 0.15) is 28.7 Å². The lowest BCUT2D eigenvalue weighted by molar-refractivity contribution is -0.122. The number of hydrogen-bond donors (Lipinski definition) is 1. The molecule has 1 amide bonds. The molecule has 1 atom stereocenters. The monoisotopic (exact) mass is 469 g/mol. The normalized spacial score (nSPS) is 16.3. The van der Waals surface area contributed by atoms with Crippen molar-refractivity contribution in [3.8, 4) is 0 Å². The molecular weight excluding hydrogens is 442 g/mol. The SMILES string of the molecule is O=C(N/N=C\c1cn(Cc2ccccc2)c2ccccc12)[C@@H]1CC1(c1ccccc1)c1ccccc1. The zero-order valence-corrected chi connectivity index (χ0v) is 19.9. The molecule has 1 aliphatic rings. The molecule has 1 heterocycles. The fourth-order valence-corrected chi connectivity index (χ4v) is 5.39. The Morgan fingerprint density at radius 1 is 0.833 bits per heavy atom. The molecule has 6 rings (SSSR count). The van der Waals surface area contributed by atoms with Gasteiger partial charge in [-0.2, -0.15) is 5.10 Å². The fraction of sp³-hybridized carbons (Fsp3) is 0.125. The Morgan fingerprint density at radius 3 is 2.08 bits per heavy atom. The summed E-state index contributed by atoms with van der Waals surface area (Å²) in [5.41, 5.74) is 8.24. The minimum atomic E-state index is -0.298. The van der Waals surface area contributed by atoms with Crippen molar-refractivity contribution in [1.29, 1.82) is 0 Å². The molecule has 4 aromatic carbocycles. The number of para-hydroxylation sites is 1. The van der Waals surface area contributed by atoms with Crippen LogP contribution >= 0.6 is 0 Å². The van der Waals surface area contributed by atoms with Crippen LogP contribution in [0.15, 0.2) is 127 Å². The van der Waals surface area contributed by atoms with E-state index in [1.54, 1.807) is 6.21 Å². The zero-order chi connectivity index (χ0) is 24.4. The Kier molecular flexibility index (Phi) is 5.70. The molecule has 0 radical (unpaired) electrons. The summed E-state index contributed by atoms with van der Waals surface area (Å²) < 4.78 is 2.23. The summed E-state index contributed by atoms with van der Waals surface area (Å²) in [6.07, 6.45) is 4.64. The van der Waals surface area contributed by atoms with Gasteiger partial charge in [-0.05, 0) is 29.2 Å². The summed E-state index contributed by atoms with van der Waals surface area (Å²) in [5, 5.41) is 5.50. The van der Waals surface area contributed by atoms with E-state index in [1.165, 1.54) is 16.7 Å². The third-order valence-corrected chi connectivity index (χ3v) is 7.25. The first-order chi connectivity index (χ1) is 17.8. The van der Waals surface area contributed by atoms with Gasteiger partial charge >= 0.3 is 0 Å². The van der Waals surface area contributed by atoms with Gasteiger partial charge in [0.05, 0.1) is 12.1 Å². The van der Waals surface area contributed by atoms with Crippen LogP contribution in [0.4, 0.5) is 0 Å². The number of fused-ring (bicyclic) bond motifs is 1. The number of carbonyl (C=O) groups is 1. The van der Waals surface area contributed by atoms with Gasteiger partial charge in [0.15, 0.2) is 0 Å². The standard InChI is InChI=1S/C32H27N3O/c36-31(29-20-32(29,26-14-6-2-7-15-26)27-16-8-3-9-17-27)34-33-21-25-23-35(22-24-12-4-1-5-13-24)30-19-11-10-18-28(25)30/h1-19,21,23,29H,20,22H2,(H,34,36)/b33-21-/t29-/m0/s1. The minimum absolute atomic E-state index is 0.0491. The predicted octanol–water partition coefficient (Wildman–Crippen LogP) is 6.15. The Hall–Kier alpha value is -4.44. The molecule has 0 spiro atoms. The molecule has 176 valence electrons. The summed E-state index contributed by atoms with van der Waals surface area (Å²) in [7, 11) is 0. The van der Waals surface area contributed by atoms with Crippen LogP contribution in [0.3, 0.4) is 0 Å². The molecule has 0 saturated heterocycles. The molecule has 5 aromatic rings. The van der Waals surface area contributed by atoms with Gasteiger partial charge in [0, 0.05) is 34.6 Å². The second-order valence-corrected chi connectivity index (χ2v) is 9.41. The molecule has 0 aliphatic heterocycles. The van der Waals surface area contributed by atoms with Crippen molar-refractivity contribution in [2.24, 2.45) is 11.0 Å². The van der Waals surface area contributed by atoms with Gasteiger partial charge in [0.25, 0.3) is 0 Å². The first-order valence-electron chi connectivity index (χ1n) is 12.3. The quantitative estimate of drug-likeness (QED) is 0.226. The molecule has 36 heavy (non-hydrogen) atoms. The first kappa shape index (κ1) is 22.1. The molecule has 0 unspecified atom stereocenters. The smallest absolute Gasteiger partial charge is 0.244 e. The number of nitrogens with zero attached hydrogens (tertiary/aromatic N) is 2. The van der Waals surface area contributed by atoms with E-state index in [-0.39, 0.29) is 17.2 Å². The third-order valence-electron chi connectivity index (χ3n) is 7.25. The number of rotatable bonds is 7. The maximum Gasteiger partial charge on any atom is 0.244 e. The van der Waals surface area contributed by atoms with Crippen LogP contribution in [0, 0.1) is 5.92 Å². The number of aromatic nitrogens is 1. The topological polar surface area (TPSA) is 46.4 Å². The lowest BCUT2D eigenvalue weighted by atomic mass is 9.85. The van der Waals surface area contributed by atoms with E-state index in [1.807, 2.05) is 54.6 Å². The number of carbonyl (C=O) groups excluding carboxylic acids is 1. The Labute approximate surface area is 210 Å². The highest BCUT2D eigenvalue weighted by Gasteiger charge is 2.60. The highest BCUT2D eigenvalue weighted by Crippen LogP contribution is 2.58. The van der Waals surface area contributed by atoms with E-state index in [4.69, 9.17) is 0 Å². The van der Waals surface area contributed by atoms with E-state index in [2.05, 4.69) is 82.0 Å². The van der Waals surface area contributed by atoms with Gasteiger partial charge in [0.2, 0.25) is 5.91 Å². The average molecular weight is 470 g/mol. The van der Waals surface area contributed by atoms with Crippen molar-refractivity contribution in [3.05, 3.63) is 144 Å². The van der Waals surface area contributed by atoms with E-state index >= 15 is 0 Å². The van der Waals surface area contributed by atoms with Crippen molar-refractivity contribution >= 4 is 23.0 Å². The van der Waals surface area contributed by atoms with Gasteiger partial charge in [-0.15, -0.1) is 0 Å². The Bertz CT molecular complexity index is 1480. The van der Waals surface area contributed by atoms with Gasteiger partial charge in [0.1, 0.15) is 0 Å². The number of amides is 1. The van der Waals surface area contributed by atoms with Gasteiger partial charge in [-0.3, -0.25) is 4.79 Å². The Balaban J connectivity index is 1.23. The lowest BCUT2D eigenvalue weighted by Gasteiger charge is -2.18. The average Bonchev–Trinajstić information content (AvgIpc) is 3.62. The molecular formula is C32H27N3O. The van der Waals surface area contributed by atoms with Crippen LogP contribution in [-0.4, -0.2) is 16.7 Å². The van der Waals surface area contributed by atoms with Gasteiger partial charge in [-0.1, -0.05) is 109 Å². The van der Waals surface area contributed by atoms with Crippen molar-refractivity contribution in [3.63, 3.8) is 0 Å². The van der Waals surface area contributed by atoms with Crippen molar-refractivity contribution < 1.29 is 4.79 Å². The van der Waals surface area contributed by atoms with Gasteiger partial charge in [-0.25, -0.2) is 5.43 Å². The molecule has 1 fully saturated rings. The van der Waals surface area contributed by atoms with E-state index in [0.29, 0.717) is 0 Å². The third kappa shape index (κ3) is 4.01. The number of hydrogen-bond acceptors (Lipinski definition) is 2. The van der Waals surface area contributed by atoms with Crippen molar-refractivity contribution in [2.75, 3.05) is 0 Å². The predicted molar refractivity (Wildman–Crippen MR) is 145 cm³/mol. The fourth-order valence-electron chi connectivity index (χ4n) is 5.39. The second-order valence-electron chi connectivity index (χ2n) is 9.41. The molecule has 4 heteroatoms. The van der Waals surface area contributed by atoms with Crippen molar-refractivity contribution in [2.45, 2.75) is 18.4 Å². The van der Waals surface area contributed by atoms with Crippen molar-refractivity contribution in [1.82, 2.24) is 9.99 Å². The summed E-state index contributed by atoms with van der Waals surface area (Å²) in [4.78, 5) is 13.2. The summed E-state index contributed by atoms with van der Waals surface area (Å²) in [6, 6.07) is 39.3. The number of hydrazone groups is 1. The molecule has 0 bridgehead atoms. The van der Waals surface area contributed by atoms with E-state index in [9.17, 15) is 4.79 Å².